The minimum Gasteiger partial charge on any atom is -0.339 e. The molecule has 1 fully saturated rings. The van der Waals surface area contributed by atoms with E-state index in [1.54, 1.807) is 18.2 Å². The Labute approximate surface area is 123 Å². The quantitative estimate of drug-likeness (QED) is 0.840. The van der Waals surface area contributed by atoms with Crippen molar-refractivity contribution in [3.8, 4) is 0 Å². The van der Waals surface area contributed by atoms with Gasteiger partial charge in [0.15, 0.2) is 0 Å². The predicted molar refractivity (Wildman–Crippen MR) is 79.0 cm³/mol. The SMILES string of the molecule is CC(C)C[C@@H]1NC(=O)/C(=C\c2ccccc2Cl)NC1=O. The van der Waals surface area contributed by atoms with Crippen molar-refractivity contribution in [2.24, 2.45) is 5.92 Å². The fourth-order valence-electron chi connectivity index (χ4n) is 2.06. The zero-order valence-corrected chi connectivity index (χ0v) is 12.2. The van der Waals surface area contributed by atoms with Crippen LogP contribution in [0.4, 0.5) is 0 Å². The number of carbonyl (C=O) groups is 2. The first-order valence-corrected chi connectivity index (χ1v) is 6.93. The normalized spacial score (nSPS) is 21.0. The number of piperazine rings is 1. The van der Waals surface area contributed by atoms with Crippen LogP contribution < -0.4 is 10.6 Å². The Kier molecular flexibility index (Phi) is 4.45. The van der Waals surface area contributed by atoms with Crippen molar-refractivity contribution in [2.45, 2.75) is 26.3 Å². The number of carbonyl (C=O) groups excluding carboxylic acids is 2. The first-order valence-electron chi connectivity index (χ1n) is 6.55. The smallest absolute Gasteiger partial charge is 0.268 e. The molecule has 2 amide bonds. The monoisotopic (exact) mass is 292 g/mol. The van der Waals surface area contributed by atoms with Crippen molar-refractivity contribution in [3.63, 3.8) is 0 Å². The molecule has 1 aromatic carbocycles. The topological polar surface area (TPSA) is 58.2 Å². The molecule has 20 heavy (non-hydrogen) atoms. The van der Waals surface area contributed by atoms with E-state index in [-0.39, 0.29) is 17.5 Å². The van der Waals surface area contributed by atoms with E-state index in [0.29, 0.717) is 22.9 Å². The highest BCUT2D eigenvalue weighted by molar-refractivity contribution is 6.32. The molecule has 106 valence electrons. The average Bonchev–Trinajstić information content (AvgIpc) is 2.37. The second-order valence-corrected chi connectivity index (χ2v) is 5.63. The molecule has 0 bridgehead atoms. The van der Waals surface area contributed by atoms with Crippen LogP contribution in [0.5, 0.6) is 0 Å². The Morgan fingerprint density at radius 3 is 2.65 bits per heavy atom. The molecule has 2 rings (SSSR count). The molecule has 5 heteroatoms. The number of halogens is 1. The van der Waals surface area contributed by atoms with Gasteiger partial charge in [-0.3, -0.25) is 9.59 Å². The summed E-state index contributed by atoms with van der Waals surface area (Å²) in [6.45, 7) is 4.02. The highest BCUT2D eigenvalue weighted by atomic mass is 35.5. The number of amides is 2. The summed E-state index contributed by atoms with van der Waals surface area (Å²) in [5.74, 6) is -0.132. The molecule has 1 atom stereocenters. The summed E-state index contributed by atoms with van der Waals surface area (Å²) >= 11 is 6.04. The molecule has 1 aromatic rings. The summed E-state index contributed by atoms with van der Waals surface area (Å²) in [4.78, 5) is 24.0. The van der Waals surface area contributed by atoms with Gasteiger partial charge < -0.3 is 10.6 Å². The first-order chi connectivity index (χ1) is 9.47. The van der Waals surface area contributed by atoms with E-state index in [1.165, 1.54) is 0 Å². The van der Waals surface area contributed by atoms with Crippen LogP contribution >= 0.6 is 11.6 Å². The molecule has 1 heterocycles. The van der Waals surface area contributed by atoms with E-state index in [4.69, 9.17) is 11.6 Å². The summed E-state index contributed by atoms with van der Waals surface area (Å²) in [6.07, 6.45) is 2.21. The van der Waals surface area contributed by atoms with E-state index < -0.39 is 6.04 Å². The van der Waals surface area contributed by atoms with Crippen LogP contribution in [0, 0.1) is 5.92 Å². The minimum atomic E-state index is -0.467. The van der Waals surface area contributed by atoms with Gasteiger partial charge in [-0.05, 0) is 30.0 Å². The van der Waals surface area contributed by atoms with E-state index in [0.717, 1.165) is 0 Å². The maximum Gasteiger partial charge on any atom is 0.268 e. The van der Waals surface area contributed by atoms with Gasteiger partial charge >= 0.3 is 0 Å². The highest BCUT2D eigenvalue weighted by Gasteiger charge is 2.30. The van der Waals surface area contributed by atoms with Crippen LogP contribution in [0.25, 0.3) is 6.08 Å². The Balaban J connectivity index is 2.18. The van der Waals surface area contributed by atoms with Crippen LogP contribution in [-0.2, 0) is 9.59 Å². The van der Waals surface area contributed by atoms with Gasteiger partial charge in [0, 0.05) is 5.02 Å². The molecule has 4 nitrogen and oxygen atoms in total. The second-order valence-electron chi connectivity index (χ2n) is 5.22. The van der Waals surface area contributed by atoms with E-state index in [1.807, 2.05) is 26.0 Å². The molecule has 1 aliphatic heterocycles. The molecule has 0 aromatic heterocycles. The number of nitrogens with one attached hydrogen (secondary N) is 2. The lowest BCUT2D eigenvalue weighted by Crippen LogP contribution is -2.55. The lowest BCUT2D eigenvalue weighted by atomic mass is 10.0. The number of benzene rings is 1. The van der Waals surface area contributed by atoms with Gasteiger partial charge in [-0.1, -0.05) is 43.6 Å². The molecule has 0 saturated carbocycles. The minimum absolute atomic E-state index is 0.184. The van der Waals surface area contributed by atoms with E-state index >= 15 is 0 Å². The third-order valence-electron chi connectivity index (χ3n) is 3.04. The lowest BCUT2D eigenvalue weighted by molar-refractivity contribution is -0.131. The molecular formula is C15H17ClN2O2. The Hall–Kier alpha value is -1.81. The third kappa shape index (κ3) is 3.39. The van der Waals surface area contributed by atoms with Gasteiger partial charge in [0.1, 0.15) is 11.7 Å². The molecule has 1 saturated heterocycles. The second kappa shape index (κ2) is 6.09. The highest BCUT2D eigenvalue weighted by Crippen LogP contribution is 2.19. The summed E-state index contributed by atoms with van der Waals surface area (Å²) in [6, 6.07) is 6.68. The van der Waals surface area contributed by atoms with Crippen LogP contribution in [0.2, 0.25) is 5.02 Å². The summed E-state index contributed by atoms with van der Waals surface area (Å²) in [5, 5.41) is 5.91. The Morgan fingerprint density at radius 1 is 1.30 bits per heavy atom. The zero-order chi connectivity index (χ0) is 14.7. The largest absolute Gasteiger partial charge is 0.339 e. The van der Waals surface area contributed by atoms with Crippen molar-refractivity contribution >= 4 is 29.5 Å². The lowest BCUT2D eigenvalue weighted by Gasteiger charge is -2.26. The van der Waals surface area contributed by atoms with Crippen LogP contribution in [0.15, 0.2) is 30.0 Å². The molecular weight excluding hydrogens is 276 g/mol. The van der Waals surface area contributed by atoms with Crippen molar-refractivity contribution in [1.29, 1.82) is 0 Å². The predicted octanol–water partition coefficient (Wildman–Crippen LogP) is 2.34. The Bertz CT molecular complexity index is 567. The Morgan fingerprint density at radius 2 is 2.00 bits per heavy atom. The van der Waals surface area contributed by atoms with Crippen molar-refractivity contribution in [2.75, 3.05) is 0 Å². The molecule has 1 aliphatic rings. The van der Waals surface area contributed by atoms with Crippen molar-refractivity contribution < 1.29 is 9.59 Å². The first kappa shape index (κ1) is 14.6. The van der Waals surface area contributed by atoms with Gasteiger partial charge in [0.05, 0.1) is 0 Å². The van der Waals surface area contributed by atoms with Crippen LogP contribution in [0.3, 0.4) is 0 Å². The van der Waals surface area contributed by atoms with Gasteiger partial charge in [0.2, 0.25) is 5.91 Å². The van der Waals surface area contributed by atoms with Gasteiger partial charge in [0.25, 0.3) is 5.91 Å². The summed E-state index contributed by atoms with van der Waals surface area (Å²) < 4.78 is 0. The number of hydrogen-bond donors (Lipinski definition) is 2. The van der Waals surface area contributed by atoms with Crippen molar-refractivity contribution in [3.05, 3.63) is 40.5 Å². The van der Waals surface area contributed by atoms with Crippen LogP contribution in [0.1, 0.15) is 25.8 Å². The zero-order valence-electron chi connectivity index (χ0n) is 11.4. The van der Waals surface area contributed by atoms with Crippen LogP contribution in [-0.4, -0.2) is 17.9 Å². The average molecular weight is 293 g/mol. The maximum atomic E-state index is 12.0. The van der Waals surface area contributed by atoms with Crippen molar-refractivity contribution in [1.82, 2.24) is 10.6 Å². The van der Waals surface area contributed by atoms with Gasteiger partial charge in [-0.2, -0.15) is 0 Å². The van der Waals surface area contributed by atoms with Gasteiger partial charge in [-0.25, -0.2) is 0 Å². The fraction of sp³-hybridized carbons (Fsp3) is 0.333. The number of hydrogen-bond acceptors (Lipinski definition) is 2. The molecule has 0 spiro atoms. The van der Waals surface area contributed by atoms with E-state index in [9.17, 15) is 9.59 Å². The standard InChI is InChI=1S/C15H17ClN2O2/c1-9(2)7-12-14(19)18-13(15(20)17-12)8-10-5-3-4-6-11(10)16/h3-6,8-9,12H,7H2,1-2H3,(H,17,20)(H,18,19)/b13-8+/t12-/m0/s1. The molecule has 0 radical (unpaired) electrons. The summed E-state index contributed by atoms with van der Waals surface area (Å²) in [5.41, 5.74) is 0.921. The molecule has 0 unspecified atom stereocenters. The number of rotatable bonds is 3. The van der Waals surface area contributed by atoms with E-state index in [2.05, 4.69) is 10.6 Å². The molecule has 2 N–H and O–H groups in total. The summed E-state index contributed by atoms with van der Waals surface area (Å²) in [7, 11) is 0. The van der Waals surface area contributed by atoms with Gasteiger partial charge in [-0.15, -0.1) is 0 Å². The third-order valence-corrected chi connectivity index (χ3v) is 3.38. The maximum absolute atomic E-state index is 12.0. The molecule has 0 aliphatic carbocycles. The fourth-order valence-corrected chi connectivity index (χ4v) is 2.26.